The lowest BCUT2D eigenvalue weighted by molar-refractivity contribution is 0.101. The van der Waals surface area contributed by atoms with Gasteiger partial charge in [-0.2, -0.15) is 5.10 Å². The van der Waals surface area contributed by atoms with E-state index in [1.165, 1.54) is 11.8 Å². The highest BCUT2D eigenvalue weighted by molar-refractivity contribution is 7.98. The number of hydrogen-bond acceptors (Lipinski definition) is 4. The number of para-hydroxylation sites is 1. The van der Waals surface area contributed by atoms with Crippen LogP contribution in [0.5, 0.6) is 0 Å². The van der Waals surface area contributed by atoms with E-state index in [0.717, 1.165) is 16.4 Å². The molecule has 152 valence electrons. The molecule has 0 saturated heterocycles. The van der Waals surface area contributed by atoms with Crippen LogP contribution in [0, 0.1) is 0 Å². The largest absolute Gasteiger partial charge is 0.305 e. The van der Waals surface area contributed by atoms with Crippen molar-refractivity contribution in [1.82, 2.24) is 19.3 Å². The summed E-state index contributed by atoms with van der Waals surface area (Å²) < 4.78 is 3.50. The molecule has 0 saturated carbocycles. The van der Waals surface area contributed by atoms with Crippen LogP contribution in [0.15, 0.2) is 72.1 Å². The number of aromatic nitrogens is 4. The lowest BCUT2D eigenvalue weighted by Crippen LogP contribution is -2.19. The topological polar surface area (TPSA) is 64.7 Å². The number of hydrogen-bond donors (Lipinski definition) is 1. The van der Waals surface area contributed by atoms with Crippen molar-refractivity contribution in [2.45, 2.75) is 11.7 Å². The van der Waals surface area contributed by atoms with Gasteiger partial charge in [-0.3, -0.25) is 9.36 Å². The number of nitrogens with one attached hydrogen (secondary N) is 1. The van der Waals surface area contributed by atoms with Crippen molar-refractivity contribution < 1.29 is 4.79 Å². The van der Waals surface area contributed by atoms with E-state index in [2.05, 4.69) is 15.4 Å². The van der Waals surface area contributed by atoms with Crippen molar-refractivity contribution in [2.75, 3.05) is 11.6 Å². The number of anilines is 1. The Bertz CT molecular complexity index is 1190. The molecule has 1 amide bonds. The van der Waals surface area contributed by atoms with Crippen LogP contribution in [0.4, 0.5) is 5.82 Å². The second-order valence-electron chi connectivity index (χ2n) is 6.37. The van der Waals surface area contributed by atoms with Crippen LogP contribution in [-0.2, 0) is 6.54 Å². The van der Waals surface area contributed by atoms with Crippen molar-refractivity contribution >= 4 is 46.7 Å². The van der Waals surface area contributed by atoms with Gasteiger partial charge in [0.2, 0.25) is 0 Å². The van der Waals surface area contributed by atoms with Gasteiger partial charge in [-0.15, -0.1) is 0 Å². The molecule has 9 heteroatoms. The number of carbonyl (C=O) groups is 1. The van der Waals surface area contributed by atoms with Gasteiger partial charge in [0.1, 0.15) is 11.5 Å². The molecule has 4 rings (SSSR count). The summed E-state index contributed by atoms with van der Waals surface area (Å²) >= 11 is 13.7. The quantitative estimate of drug-likeness (QED) is 0.393. The van der Waals surface area contributed by atoms with Crippen molar-refractivity contribution in [2.24, 2.45) is 0 Å². The third-order valence-electron chi connectivity index (χ3n) is 4.45. The smallest absolute Gasteiger partial charge is 0.275 e. The molecule has 0 atom stereocenters. The van der Waals surface area contributed by atoms with Gasteiger partial charge >= 0.3 is 0 Å². The average Bonchev–Trinajstić information content (AvgIpc) is 3.37. The first-order valence-electron chi connectivity index (χ1n) is 9.01. The Hall–Kier alpha value is -2.74. The van der Waals surface area contributed by atoms with Crippen molar-refractivity contribution in [1.29, 1.82) is 0 Å². The van der Waals surface area contributed by atoms with Crippen LogP contribution in [-0.4, -0.2) is 31.5 Å². The van der Waals surface area contributed by atoms with E-state index in [9.17, 15) is 4.79 Å². The molecule has 4 aromatic rings. The maximum atomic E-state index is 13.1. The summed E-state index contributed by atoms with van der Waals surface area (Å²) in [6.45, 7) is 0.395. The fraction of sp³-hybridized carbons (Fsp3) is 0.0952. The van der Waals surface area contributed by atoms with E-state index in [0.29, 0.717) is 28.1 Å². The SMILES string of the molecule is CSc1ncc(C(=O)Nc2ccnn2Cc2ccc(Cl)cc2Cl)n1-c1ccccc1. The number of nitrogens with zero attached hydrogens (tertiary/aromatic N) is 4. The van der Waals surface area contributed by atoms with Crippen LogP contribution in [0.2, 0.25) is 10.0 Å². The van der Waals surface area contributed by atoms with Gasteiger partial charge in [0, 0.05) is 21.8 Å². The molecule has 0 aliphatic carbocycles. The fourth-order valence-electron chi connectivity index (χ4n) is 3.02. The first-order chi connectivity index (χ1) is 14.6. The molecule has 1 N–H and O–H groups in total. The molecular weight excluding hydrogens is 441 g/mol. The fourth-order valence-corrected chi connectivity index (χ4v) is 4.03. The summed E-state index contributed by atoms with van der Waals surface area (Å²) in [4.78, 5) is 17.5. The molecule has 2 aromatic heterocycles. The van der Waals surface area contributed by atoms with Gasteiger partial charge in [-0.1, -0.05) is 59.2 Å². The van der Waals surface area contributed by atoms with Gasteiger partial charge < -0.3 is 5.32 Å². The molecule has 0 spiro atoms. The second kappa shape index (κ2) is 8.95. The van der Waals surface area contributed by atoms with Crippen LogP contribution in [0.1, 0.15) is 16.1 Å². The van der Waals surface area contributed by atoms with E-state index in [1.54, 1.807) is 35.3 Å². The Labute approximate surface area is 187 Å². The number of benzene rings is 2. The molecule has 2 aromatic carbocycles. The Morgan fingerprint density at radius 3 is 2.67 bits per heavy atom. The third-order valence-corrected chi connectivity index (χ3v) is 5.69. The predicted octanol–water partition coefficient (Wildman–Crippen LogP) is 5.40. The highest BCUT2D eigenvalue weighted by Crippen LogP contribution is 2.24. The van der Waals surface area contributed by atoms with E-state index < -0.39 is 0 Å². The highest BCUT2D eigenvalue weighted by atomic mass is 35.5. The number of halogens is 2. The molecule has 0 radical (unpaired) electrons. The van der Waals surface area contributed by atoms with Gasteiger partial charge in [0.05, 0.1) is 18.9 Å². The highest BCUT2D eigenvalue weighted by Gasteiger charge is 2.19. The Morgan fingerprint density at radius 2 is 1.93 bits per heavy atom. The van der Waals surface area contributed by atoms with E-state index >= 15 is 0 Å². The molecule has 0 unspecified atom stereocenters. The normalized spacial score (nSPS) is 10.9. The van der Waals surface area contributed by atoms with Crippen molar-refractivity contribution in [3.05, 3.63) is 88.3 Å². The lowest BCUT2D eigenvalue weighted by Gasteiger charge is -2.13. The Balaban J connectivity index is 1.61. The Kier molecular flexibility index (Phi) is 6.13. The Morgan fingerprint density at radius 1 is 1.13 bits per heavy atom. The minimum atomic E-state index is -0.282. The summed E-state index contributed by atoms with van der Waals surface area (Å²) in [5.74, 6) is 0.271. The molecule has 2 heterocycles. The standard InChI is InChI=1S/C21H17Cl2N5OS/c1-30-21-24-12-18(28(21)16-5-3-2-4-6-16)20(29)26-19-9-10-25-27(19)13-14-7-8-15(22)11-17(14)23/h2-12H,13H2,1H3,(H,26,29). The van der Waals surface area contributed by atoms with E-state index in [1.807, 2.05) is 47.2 Å². The van der Waals surface area contributed by atoms with Gasteiger partial charge in [-0.05, 0) is 36.1 Å². The predicted molar refractivity (Wildman–Crippen MR) is 121 cm³/mol. The monoisotopic (exact) mass is 457 g/mol. The summed E-state index contributed by atoms with van der Waals surface area (Å²) in [6, 6.07) is 16.7. The molecule has 0 fully saturated rings. The average molecular weight is 458 g/mol. The first-order valence-corrected chi connectivity index (χ1v) is 11.0. The van der Waals surface area contributed by atoms with E-state index in [-0.39, 0.29) is 5.91 Å². The molecule has 0 aliphatic heterocycles. The van der Waals surface area contributed by atoms with Gasteiger partial charge in [0.15, 0.2) is 5.16 Å². The van der Waals surface area contributed by atoms with Gasteiger partial charge in [-0.25, -0.2) is 9.67 Å². The van der Waals surface area contributed by atoms with Crippen LogP contribution >= 0.6 is 35.0 Å². The minimum absolute atomic E-state index is 0.282. The second-order valence-corrected chi connectivity index (χ2v) is 7.98. The number of rotatable bonds is 6. The summed E-state index contributed by atoms with van der Waals surface area (Å²) in [5.41, 5.74) is 2.15. The molecular formula is C21H17Cl2N5OS. The van der Waals surface area contributed by atoms with Crippen LogP contribution in [0.25, 0.3) is 5.69 Å². The zero-order valence-electron chi connectivity index (χ0n) is 15.9. The number of imidazole rings is 1. The summed E-state index contributed by atoms with van der Waals surface area (Å²) in [5, 5.41) is 9.07. The van der Waals surface area contributed by atoms with Crippen LogP contribution in [0.3, 0.4) is 0 Å². The van der Waals surface area contributed by atoms with Crippen molar-refractivity contribution in [3.8, 4) is 5.69 Å². The molecule has 0 bridgehead atoms. The van der Waals surface area contributed by atoms with Crippen molar-refractivity contribution in [3.63, 3.8) is 0 Å². The summed E-state index contributed by atoms with van der Waals surface area (Å²) in [6.07, 6.45) is 5.13. The number of amides is 1. The maximum absolute atomic E-state index is 13.1. The van der Waals surface area contributed by atoms with Gasteiger partial charge in [0.25, 0.3) is 5.91 Å². The summed E-state index contributed by atoms with van der Waals surface area (Å²) in [7, 11) is 0. The maximum Gasteiger partial charge on any atom is 0.275 e. The first kappa shape index (κ1) is 20.5. The minimum Gasteiger partial charge on any atom is -0.305 e. The van der Waals surface area contributed by atoms with E-state index in [4.69, 9.17) is 23.2 Å². The molecule has 30 heavy (non-hydrogen) atoms. The van der Waals surface area contributed by atoms with Crippen LogP contribution < -0.4 is 5.32 Å². The third kappa shape index (κ3) is 4.23. The number of thioether (sulfide) groups is 1. The molecule has 0 aliphatic rings. The zero-order chi connectivity index (χ0) is 21.1. The molecule has 6 nitrogen and oxygen atoms in total. The lowest BCUT2D eigenvalue weighted by atomic mass is 10.2. The number of carbonyl (C=O) groups excluding carboxylic acids is 1. The zero-order valence-corrected chi connectivity index (χ0v) is 18.2.